The summed E-state index contributed by atoms with van der Waals surface area (Å²) >= 11 is 1.01. The predicted molar refractivity (Wildman–Crippen MR) is 116 cm³/mol. The number of H-pyrrole nitrogens is 1. The highest BCUT2D eigenvalue weighted by Gasteiger charge is 2.14. The van der Waals surface area contributed by atoms with Crippen molar-refractivity contribution >= 4 is 40.8 Å². The summed E-state index contributed by atoms with van der Waals surface area (Å²) in [5.41, 5.74) is 6.08. The maximum Gasteiger partial charge on any atom is 0.277 e. The highest BCUT2D eigenvalue weighted by Crippen LogP contribution is 2.19. The topological polar surface area (TPSA) is 139 Å². The molecule has 0 atom stereocenters. The number of anilines is 3. The van der Waals surface area contributed by atoms with E-state index in [9.17, 15) is 14.4 Å². The van der Waals surface area contributed by atoms with E-state index < -0.39 is 11.5 Å². The van der Waals surface area contributed by atoms with Gasteiger partial charge in [-0.1, -0.05) is 30.0 Å². The van der Waals surface area contributed by atoms with Crippen LogP contribution in [0.15, 0.2) is 64.5 Å². The summed E-state index contributed by atoms with van der Waals surface area (Å²) in [6.45, 7) is 0. The summed E-state index contributed by atoms with van der Waals surface area (Å²) in [6, 6.07) is 15.3. The number of hydrogen-bond acceptors (Lipinski definition) is 7. The zero-order chi connectivity index (χ0) is 21.5. The Balaban J connectivity index is 1.61. The number of methoxy groups -OCH3 is 1. The number of aromatic amines is 1. The van der Waals surface area contributed by atoms with Crippen LogP contribution in [-0.4, -0.2) is 34.6 Å². The normalized spacial score (nSPS) is 10.3. The molecular formula is C20H19N5O4S. The van der Waals surface area contributed by atoms with Crippen molar-refractivity contribution in [3.8, 4) is 5.75 Å². The number of nitrogens with zero attached hydrogens (tertiary/aromatic N) is 1. The maximum atomic E-state index is 12.3. The van der Waals surface area contributed by atoms with Crippen molar-refractivity contribution in [2.75, 3.05) is 29.2 Å². The number of nitrogens with one attached hydrogen (secondary N) is 3. The molecule has 2 amide bonds. The SMILES string of the molecule is COc1ccc(NC(=O)CSc2nc(N)c(NC(=O)c3ccccc3)c(=O)[nH]2)cc1. The number of thioether (sulfide) groups is 1. The fourth-order valence-corrected chi connectivity index (χ4v) is 3.11. The molecule has 2 aromatic carbocycles. The van der Waals surface area contributed by atoms with Crippen molar-refractivity contribution in [2.24, 2.45) is 0 Å². The first-order valence-corrected chi connectivity index (χ1v) is 9.77. The molecule has 30 heavy (non-hydrogen) atoms. The average molecular weight is 425 g/mol. The molecule has 0 aliphatic carbocycles. The first-order chi connectivity index (χ1) is 14.5. The Morgan fingerprint density at radius 1 is 1.10 bits per heavy atom. The van der Waals surface area contributed by atoms with Crippen molar-refractivity contribution < 1.29 is 14.3 Å². The Labute approximate surface area is 176 Å². The van der Waals surface area contributed by atoms with Crippen LogP contribution in [0.25, 0.3) is 0 Å². The molecule has 0 radical (unpaired) electrons. The summed E-state index contributed by atoms with van der Waals surface area (Å²) in [4.78, 5) is 43.2. The molecule has 5 N–H and O–H groups in total. The molecule has 3 rings (SSSR count). The van der Waals surface area contributed by atoms with Crippen molar-refractivity contribution in [1.82, 2.24) is 9.97 Å². The molecule has 0 fully saturated rings. The lowest BCUT2D eigenvalue weighted by Gasteiger charge is -2.09. The van der Waals surface area contributed by atoms with E-state index in [1.54, 1.807) is 61.7 Å². The number of amides is 2. The van der Waals surface area contributed by atoms with Gasteiger partial charge in [-0.15, -0.1) is 0 Å². The van der Waals surface area contributed by atoms with Gasteiger partial charge in [0.1, 0.15) is 11.4 Å². The Morgan fingerprint density at radius 3 is 2.43 bits per heavy atom. The molecular weight excluding hydrogens is 406 g/mol. The monoisotopic (exact) mass is 425 g/mol. The minimum atomic E-state index is -0.607. The number of carbonyl (C=O) groups excluding carboxylic acids is 2. The lowest BCUT2D eigenvalue weighted by atomic mass is 10.2. The van der Waals surface area contributed by atoms with Crippen LogP contribution in [0.3, 0.4) is 0 Å². The smallest absolute Gasteiger partial charge is 0.277 e. The van der Waals surface area contributed by atoms with Gasteiger partial charge in [0.05, 0.1) is 12.9 Å². The van der Waals surface area contributed by atoms with E-state index in [0.717, 1.165) is 11.8 Å². The molecule has 0 saturated heterocycles. The second kappa shape index (κ2) is 9.61. The molecule has 10 heteroatoms. The third kappa shape index (κ3) is 5.39. The fraction of sp³-hybridized carbons (Fsp3) is 0.100. The third-order valence-electron chi connectivity index (χ3n) is 3.91. The Morgan fingerprint density at radius 2 is 1.80 bits per heavy atom. The third-order valence-corrected chi connectivity index (χ3v) is 4.79. The van der Waals surface area contributed by atoms with Crippen LogP contribution in [0.2, 0.25) is 0 Å². The van der Waals surface area contributed by atoms with Crippen molar-refractivity contribution in [2.45, 2.75) is 5.16 Å². The molecule has 0 unspecified atom stereocenters. The van der Waals surface area contributed by atoms with E-state index >= 15 is 0 Å². The first-order valence-electron chi connectivity index (χ1n) is 8.79. The maximum absolute atomic E-state index is 12.3. The largest absolute Gasteiger partial charge is 0.497 e. The van der Waals surface area contributed by atoms with Crippen LogP contribution in [0.5, 0.6) is 5.75 Å². The number of hydrogen-bond donors (Lipinski definition) is 4. The molecule has 0 bridgehead atoms. The molecule has 154 valence electrons. The van der Waals surface area contributed by atoms with Gasteiger partial charge in [0, 0.05) is 11.3 Å². The Bertz CT molecular complexity index is 1100. The standard InChI is InChI=1S/C20H19N5O4S/c1-29-14-9-7-13(8-10-14)22-15(26)11-30-20-24-17(21)16(19(28)25-20)23-18(27)12-5-3-2-4-6-12/h2-10H,11H2,1H3,(H,22,26)(H,23,27)(H3,21,24,25,28). The van der Waals surface area contributed by atoms with Crippen LogP contribution in [0, 0.1) is 0 Å². The highest BCUT2D eigenvalue weighted by molar-refractivity contribution is 7.99. The van der Waals surface area contributed by atoms with Crippen LogP contribution in [-0.2, 0) is 4.79 Å². The number of nitrogens with two attached hydrogens (primary N) is 1. The molecule has 1 aromatic heterocycles. The second-order valence-corrected chi connectivity index (χ2v) is 6.98. The van der Waals surface area contributed by atoms with Gasteiger partial charge in [-0.2, -0.15) is 0 Å². The zero-order valence-corrected chi connectivity index (χ0v) is 16.8. The number of nitrogen functional groups attached to an aromatic ring is 1. The Kier molecular flexibility index (Phi) is 6.71. The minimum Gasteiger partial charge on any atom is -0.497 e. The summed E-state index contributed by atoms with van der Waals surface area (Å²) in [5, 5.41) is 5.35. The highest BCUT2D eigenvalue weighted by atomic mass is 32.2. The molecule has 0 aliphatic rings. The molecule has 0 aliphatic heterocycles. The van der Waals surface area contributed by atoms with Gasteiger partial charge in [-0.05, 0) is 36.4 Å². The number of aromatic nitrogens is 2. The lowest BCUT2D eigenvalue weighted by Crippen LogP contribution is -2.23. The molecule has 1 heterocycles. The van der Waals surface area contributed by atoms with Crippen molar-refractivity contribution in [3.05, 3.63) is 70.5 Å². The van der Waals surface area contributed by atoms with Crippen LogP contribution < -0.4 is 26.7 Å². The van der Waals surface area contributed by atoms with Gasteiger partial charge >= 0.3 is 0 Å². The quantitative estimate of drug-likeness (QED) is 0.336. The Hall–Kier alpha value is -3.79. The number of ether oxygens (including phenoxy) is 1. The fourth-order valence-electron chi connectivity index (χ4n) is 2.44. The average Bonchev–Trinajstić information content (AvgIpc) is 2.76. The summed E-state index contributed by atoms with van der Waals surface area (Å²) < 4.78 is 5.06. The number of rotatable bonds is 7. The summed E-state index contributed by atoms with van der Waals surface area (Å²) in [5.74, 6) is -0.216. The van der Waals surface area contributed by atoms with Crippen molar-refractivity contribution in [3.63, 3.8) is 0 Å². The van der Waals surface area contributed by atoms with Crippen molar-refractivity contribution in [1.29, 1.82) is 0 Å². The summed E-state index contributed by atoms with van der Waals surface area (Å²) in [6.07, 6.45) is 0. The molecule has 0 spiro atoms. The van der Waals surface area contributed by atoms with Gasteiger partial charge in [0.2, 0.25) is 5.91 Å². The first kappa shape index (κ1) is 20.9. The predicted octanol–water partition coefficient (Wildman–Crippen LogP) is 2.34. The van der Waals surface area contributed by atoms with Gasteiger partial charge < -0.3 is 21.1 Å². The van der Waals surface area contributed by atoms with Gasteiger partial charge in [0.25, 0.3) is 11.5 Å². The summed E-state index contributed by atoms with van der Waals surface area (Å²) in [7, 11) is 1.56. The lowest BCUT2D eigenvalue weighted by molar-refractivity contribution is -0.113. The zero-order valence-electron chi connectivity index (χ0n) is 16.0. The van der Waals surface area contributed by atoms with Gasteiger partial charge in [0.15, 0.2) is 11.0 Å². The van der Waals surface area contributed by atoms with Gasteiger partial charge in [-0.3, -0.25) is 19.4 Å². The molecule has 9 nitrogen and oxygen atoms in total. The van der Waals surface area contributed by atoms with Gasteiger partial charge in [-0.25, -0.2) is 4.98 Å². The van der Waals surface area contributed by atoms with Crippen LogP contribution in [0.4, 0.5) is 17.2 Å². The van der Waals surface area contributed by atoms with E-state index in [0.29, 0.717) is 17.0 Å². The van der Waals surface area contributed by atoms with E-state index in [-0.39, 0.29) is 28.3 Å². The van der Waals surface area contributed by atoms with E-state index in [2.05, 4.69) is 20.6 Å². The minimum absolute atomic E-state index is 0.00410. The molecule has 0 saturated carbocycles. The second-order valence-electron chi connectivity index (χ2n) is 6.02. The van der Waals surface area contributed by atoms with E-state index in [1.165, 1.54) is 0 Å². The van der Waals surface area contributed by atoms with E-state index in [4.69, 9.17) is 10.5 Å². The van der Waals surface area contributed by atoms with Crippen LogP contribution >= 0.6 is 11.8 Å². The van der Waals surface area contributed by atoms with E-state index in [1.807, 2.05) is 0 Å². The van der Waals surface area contributed by atoms with Crippen LogP contribution in [0.1, 0.15) is 10.4 Å². The molecule has 3 aromatic rings. The number of benzene rings is 2. The number of carbonyl (C=O) groups is 2.